The van der Waals surface area contributed by atoms with Crippen LogP contribution >= 0.6 is 0 Å². The van der Waals surface area contributed by atoms with Crippen LogP contribution in [0.4, 0.5) is 0 Å². The van der Waals surface area contributed by atoms with Gasteiger partial charge in [0.25, 0.3) is 0 Å². The quantitative estimate of drug-likeness (QED) is 0.874. The number of nitrogens with one attached hydrogen (secondary N) is 1. The Bertz CT molecular complexity index is 541. The lowest BCUT2D eigenvalue weighted by Gasteiger charge is -2.40. The van der Waals surface area contributed by atoms with Crippen molar-refractivity contribution in [1.82, 2.24) is 15.1 Å². The molecule has 2 aliphatic heterocycles. The molecule has 2 N–H and O–H groups in total. The van der Waals surface area contributed by atoms with Gasteiger partial charge >= 0.3 is 0 Å². The number of nitrogens with zero attached hydrogens (tertiary/aromatic N) is 2. The molecule has 1 saturated carbocycles. The molecule has 4 rings (SSSR count). The SMILES string of the molecule is Cc1cc(C)n([C@H]2[C@@H]3OC[C@@H](O3)[C@@H](NC3CCCC3)[C@@H]2O)n1. The summed E-state index contributed by atoms with van der Waals surface area (Å²) in [6, 6.07) is 2.14. The normalized spacial score (nSPS) is 38.8. The second-order valence-corrected chi connectivity index (χ2v) is 6.90. The maximum absolute atomic E-state index is 11.0. The Kier molecular flexibility index (Phi) is 3.72. The van der Waals surface area contributed by atoms with Crippen LogP contribution in [0, 0.1) is 13.8 Å². The summed E-state index contributed by atoms with van der Waals surface area (Å²) in [4.78, 5) is 0. The molecule has 0 amide bonds. The fraction of sp³-hybridized carbons (Fsp3) is 0.812. The zero-order valence-electron chi connectivity index (χ0n) is 13.2. The highest BCUT2D eigenvalue weighted by Gasteiger charge is 2.52. The number of hydrogen-bond acceptors (Lipinski definition) is 5. The molecule has 3 heterocycles. The highest BCUT2D eigenvalue weighted by atomic mass is 16.7. The molecular formula is C16H25N3O3. The third-order valence-electron chi connectivity index (χ3n) is 5.24. The van der Waals surface area contributed by atoms with Gasteiger partial charge in [-0.15, -0.1) is 0 Å². The molecule has 0 spiro atoms. The van der Waals surface area contributed by atoms with Gasteiger partial charge in [0.05, 0.1) is 24.4 Å². The molecule has 1 aromatic rings. The van der Waals surface area contributed by atoms with Gasteiger partial charge in [0.15, 0.2) is 6.29 Å². The Morgan fingerprint density at radius 3 is 2.77 bits per heavy atom. The summed E-state index contributed by atoms with van der Waals surface area (Å²) in [5, 5.41) is 19.1. The van der Waals surface area contributed by atoms with Crippen molar-refractivity contribution in [3.8, 4) is 0 Å². The van der Waals surface area contributed by atoms with E-state index < -0.39 is 12.4 Å². The second-order valence-electron chi connectivity index (χ2n) is 6.90. The molecule has 6 heteroatoms. The largest absolute Gasteiger partial charge is 0.389 e. The highest BCUT2D eigenvalue weighted by Crippen LogP contribution is 2.37. The van der Waals surface area contributed by atoms with Crippen LogP contribution in [0.25, 0.3) is 0 Å². The first-order valence-corrected chi connectivity index (χ1v) is 8.37. The maximum Gasteiger partial charge on any atom is 0.183 e. The topological polar surface area (TPSA) is 68.5 Å². The van der Waals surface area contributed by atoms with Crippen LogP contribution in [0.1, 0.15) is 43.1 Å². The predicted molar refractivity (Wildman–Crippen MR) is 80.5 cm³/mol. The van der Waals surface area contributed by atoms with E-state index in [1.54, 1.807) is 0 Å². The fourth-order valence-electron chi connectivity index (χ4n) is 4.18. The molecule has 6 nitrogen and oxygen atoms in total. The zero-order chi connectivity index (χ0) is 15.3. The van der Waals surface area contributed by atoms with E-state index in [2.05, 4.69) is 10.4 Å². The number of fused-ring (bicyclic) bond motifs is 2. The van der Waals surface area contributed by atoms with Gasteiger partial charge in [-0.3, -0.25) is 4.68 Å². The number of aryl methyl sites for hydroxylation is 2. The molecule has 0 radical (unpaired) electrons. The molecule has 3 fully saturated rings. The van der Waals surface area contributed by atoms with E-state index in [0.29, 0.717) is 12.6 Å². The molecule has 3 aliphatic rings. The summed E-state index contributed by atoms with van der Waals surface area (Å²) < 4.78 is 13.7. The Morgan fingerprint density at radius 2 is 2.09 bits per heavy atom. The lowest BCUT2D eigenvalue weighted by atomic mass is 9.95. The minimum atomic E-state index is -0.551. The first kappa shape index (κ1) is 14.6. The number of aromatic nitrogens is 2. The summed E-state index contributed by atoms with van der Waals surface area (Å²) in [5.74, 6) is 0. The van der Waals surface area contributed by atoms with Gasteiger partial charge < -0.3 is 19.9 Å². The lowest BCUT2D eigenvalue weighted by Crippen LogP contribution is -2.59. The highest BCUT2D eigenvalue weighted by molar-refractivity contribution is 5.11. The van der Waals surface area contributed by atoms with Crippen LogP contribution in [0.5, 0.6) is 0 Å². The minimum absolute atomic E-state index is 0.0613. The molecule has 2 saturated heterocycles. The molecule has 0 unspecified atom stereocenters. The van der Waals surface area contributed by atoms with Crippen LogP contribution in [-0.4, -0.2) is 52.1 Å². The van der Waals surface area contributed by atoms with Crippen molar-refractivity contribution in [2.24, 2.45) is 0 Å². The third kappa shape index (κ3) is 2.38. The lowest BCUT2D eigenvalue weighted by molar-refractivity contribution is -0.169. The van der Waals surface area contributed by atoms with E-state index in [4.69, 9.17) is 9.47 Å². The van der Waals surface area contributed by atoms with Gasteiger partial charge in [-0.05, 0) is 32.8 Å². The van der Waals surface area contributed by atoms with Crippen molar-refractivity contribution in [1.29, 1.82) is 0 Å². The van der Waals surface area contributed by atoms with E-state index >= 15 is 0 Å². The van der Waals surface area contributed by atoms with Crippen LogP contribution in [0.2, 0.25) is 0 Å². The third-order valence-corrected chi connectivity index (χ3v) is 5.24. The number of ether oxygens (including phenoxy) is 2. The van der Waals surface area contributed by atoms with Crippen molar-refractivity contribution in [2.75, 3.05) is 6.61 Å². The summed E-state index contributed by atoms with van der Waals surface area (Å²) in [5.41, 5.74) is 1.98. The van der Waals surface area contributed by atoms with E-state index in [9.17, 15) is 5.11 Å². The maximum atomic E-state index is 11.0. The van der Waals surface area contributed by atoms with Gasteiger partial charge in [0, 0.05) is 11.7 Å². The number of hydrogen-bond donors (Lipinski definition) is 2. The molecule has 1 aliphatic carbocycles. The number of aliphatic hydroxyl groups is 1. The van der Waals surface area contributed by atoms with Gasteiger partial charge in [-0.2, -0.15) is 5.10 Å². The molecule has 5 atom stereocenters. The first-order valence-electron chi connectivity index (χ1n) is 8.37. The van der Waals surface area contributed by atoms with Crippen LogP contribution in [0.3, 0.4) is 0 Å². The average Bonchev–Trinajstić information content (AvgIpc) is 3.18. The number of rotatable bonds is 3. The Balaban J connectivity index is 1.60. The molecule has 2 bridgehead atoms. The summed E-state index contributed by atoms with van der Waals surface area (Å²) in [6.07, 6.45) is 3.89. The van der Waals surface area contributed by atoms with Gasteiger partial charge in [-0.1, -0.05) is 12.8 Å². The molecule has 1 aromatic heterocycles. The van der Waals surface area contributed by atoms with E-state index in [-0.39, 0.29) is 18.2 Å². The minimum Gasteiger partial charge on any atom is -0.389 e. The first-order chi connectivity index (χ1) is 10.6. The summed E-state index contributed by atoms with van der Waals surface area (Å²) in [7, 11) is 0. The summed E-state index contributed by atoms with van der Waals surface area (Å²) in [6.45, 7) is 4.52. The van der Waals surface area contributed by atoms with Crippen LogP contribution in [-0.2, 0) is 9.47 Å². The average molecular weight is 307 g/mol. The van der Waals surface area contributed by atoms with Gasteiger partial charge in [0.1, 0.15) is 12.1 Å². The van der Waals surface area contributed by atoms with E-state index in [1.807, 2.05) is 24.6 Å². The fourth-order valence-corrected chi connectivity index (χ4v) is 4.18. The molecule has 122 valence electrons. The zero-order valence-corrected chi connectivity index (χ0v) is 13.2. The summed E-state index contributed by atoms with van der Waals surface area (Å²) >= 11 is 0. The molecule has 22 heavy (non-hydrogen) atoms. The molecule has 0 aromatic carbocycles. The van der Waals surface area contributed by atoms with Crippen molar-refractivity contribution in [3.63, 3.8) is 0 Å². The predicted octanol–water partition coefficient (Wildman–Crippen LogP) is 1.06. The van der Waals surface area contributed by atoms with Crippen molar-refractivity contribution in [2.45, 2.75) is 76.2 Å². The van der Waals surface area contributed by atoms with Crippen LogP contribution < -0.4 is 5.32 Å². The Hall–Kier alpha value is -0.950. The Morgan fingerprint density at radius 1 is 1.32 bits per heavy atom. The van der Waals surface area contributed by atoms with Crippen LogP contribution in [0.15, 0.2) is 6.07 Å². The molecular weight excluding hydrogens is 282 g/mol. The van der Waals surface area contributed by atoms with Crippen molar-refractivity contribution < 1.29 is 14.6 Å². The van der Waals surface area contributed by atoms with E-state index in [0.717, 1.165) is 11.4 Å². The van der Waals surface area contributed by atoms with Crippen molar-refractivity contribution >= 4 is 0 Å². The number of aliphatic hydroxyl groups excluding tert-OH is 1. The second kappa shape index (κ2) is 5.60. The van der Waals surface area contributed by atoms with Crippen molar-refractivity contribution in [3.05, 3.63) is 17.5 Å². The van der Waals surface area contributed by atoms with Gasteiger partial charge in [0.2, 0.25) is 0 Å². The van der Waals surface area contributed by atoms with E-state index in [1.165, 1.54) is 25.7 Å². The Labute approximate surface area is 130 Å². The van der Waals surface area contributed by atoms with Gasteiger partial charge in [-0.25, -0.2) is 0 Å². The smallest absolute Gasteiger partial charge is 0.183 e. The monoisotopic (exact) mass is 307 g/mol. The standard InChI is InChI=1S/C16H25N3O3/c1-9-7-10(2)19(18-9)14-15(20)13(12-8-21-16(14)22-12)17-11-5-3-4-6-11/h7,11-17,20H,3-6,8H2,1-2H3/t12-,13-,14-,15+,16-/m1/s1.